The Morgan fingerprint density at radius 3 is 2.56 bits per heavy atom. The number of nitrogens with zero attached hydrogens (tertiary/aromatic N) is 2. The van der Waals surface area contributed by atoms with Gasteiger partial charge in [0.05, 0.1) is 16.0 Å². The monoisotopic (exact) mass is 455 g/mol. The Hall–Kier alpha value is -2.97. The molecule has 1 saturated carbocycles. The Labute approximate surface area is 191 Å². The highest BCUT2D eigenvalue weighted by Gasteiger charge is 2.26. The molecule has 168 valence electrons. The highest BCUT2D eigenvalue weighted by Crippen LogP contribution is 2.30. The van der Waals surface area contributed by atoms with Crippen LogP contribution in [0.4, 0.5) is 5.82 Å². The molecule has 4 rings (SSSR count). The molecule has 0 bridgehead atoms. The van der Waals surface area contributed by atoms with Gasteiger partial charge in [-0.05, 0) is 44.7 Å². The van der Waals surface area contributed by atoms with Gasteiger partial charge < -0.3 is 20.4 Å². The molecule has 1 amide bonds. The summed E-state index contributed by atoms with van der Waals surface area (Å²) in [5.41, 5.74) is 1.50. The molecule has 2 aromatic heterocycles. The Morgan fingerprint density at radius 1 is 1.12 bits per heavy atom. The molecule has 0 saturated heterocycles. The number of carbonyl (C=O) groups is 2. The number of fused-ring (bicyclic) bond motifs is 1. The third-order valence-corrected chi connectivity index (χ3v) is 6.30. The van der Waals surface area contributed by atoms with Crippen LogP contribution in [0.25, 0.3) is 11.0 Å². The van der Waals surface area contributed by atoms with Gasteiger partial charge >= 0.3 is 0 Å². The van der Waals surface area contributed by atoms with Gasteiger partial charge in [-0.3, -0.25) is 9.59 Å². The summed E-state index contributed by atoms with van der Waals surface area (Å²) in [5, 5.41) is 7.59. The summed E-state index contributed by atoms with van der Waals surface area (Å²) in [6.45, 7) is 1.74. The summed E-state index contributed by atoms with van der Waals surface area (Å²) in [4.78, 5) is 37.0. The van der Waals surface area contributed by atoms with Gasteiger partial charge in [0.1, 0.15) is 23.9 Å². The summed E-state index contributed by atoms with van der Waals surface area (Å²) in [6.07, 6.45) is 6.12. The van der Waals surface area contributed by atoms with Crippen LogP contribution >= 0.6 is 11.6 Å². The molecule has 1 aliphatic rings. The van der Waals surface area contributed by atoms with E-state index in [-0.39, 0.29) is 23.8 Å². The lowest BCUT2D eigenvalue weighted by Gasteiger charge is -2.30. The van der Waals surface area contributed by atoms with Crippen LogP contribution < -0.4 is 10.6 Å². The van der Waals surface area contributed by atoms with E-state index < -0.39 is 6.10 Å². The second-order valence-corrected chi connectivity index (χ2v) is 8.44. The number of aromatic nitrogens is 3. The van der Waals surface area contributed by atoms with Gasteiger partial charge in [-0.1, -0.05) is 23.7 Å². The average molecular weight is 456 g/mol. The van der Waals surface area contributed by atoms with Crippen molar-refractivity contribution in [1.29, 1.82) is 0 Å². The summed E-state index contributed by atoms with van der Waals surface area (Å²) in [5.74, 6) is 0.349. The lowest BCUT2D eigenvalue weighted by molar-refractivity contribution is -0.131. The number of nitrogens with one attached hydrogen (secondary N) is 3. The van der Waals surface area contributed by atoms with Crippen LogP contribution in [0.3, 0.4) is 0 Å². The minimum absolute atomic E-state index is 0.0866. The highest BCUT2D eigenvalue weighted by molar-refractivity contribution is 6.35. The topological polar surface area (TPSA) is 109 Å². The van der Waals surface area contributed by atoms with E-state index >= 15 is 0 Å². The van der Waals surface area contributed by atoms with Crippen LogP contribution in [0.5, 0.6) is 0 Å². The van der Waals surface area contributed by atoms with E-state index in [9.17, 15) is 9.59 Å². The number of methoxy groups -OCH3 is 1. The van der Waals surface area contributed by atoms with Crippen LogP contribution in [0.1, 0.15) is 48.5 Å². The van der Waals surface area contributed by atoms with Crippen LogP contribution in [0, 0.1) is 0 Å². The maximum atomic E-state index is 13.2. The molecule has 1 atom stereocenters. The summed E-state index contributed by atoms with van der Waals surface area (Å²) in [6, 6.07) is 7.30. The number of halogens is 1. The molecular formula is C23H26ClN5O3. The van der Waals surface area contributed by atoms with Crippen molar-refractivity contribution in [2.75, 3.05) is 12.4 Å². The van der Waals surface area contributed by atoms with Gasteiger partial charge in [-0.2, -0.15) is 0 Å². The van der Waals surface area contributed by atoms with Gasteiger partial charge in [0.15, 0.2) is 5.78 Å². The highest BCUT2D eigenvalue weighted by atomic mass is 35.5. The second kappa shape index (κ2) is 9.67. The van der Waals surface area contributed by atoms with Crippen LogP contribution in [-0.4, -0.2) is 51.9 Å². The van der Waals surface area contributed by atoms with Crippen molar-refractivity contribution in [3.05, 3.63) is 52.9 Å². The molecule has 0 aliphatic heterocycles. The molecule has 32 heavy (non-hydrogen) atoms. The zero-order chi connectivity index (χ0) is 22.7. The van der Waals surface area contributed by atoms with Gasteiger partial charge in [0.2, 0.25) is 5.91 Å². The first-order chi connectivity index (χ1) is 15.5. The number of benzene rings is 1. The number of H-pyrrole nitrogens is 1. The number of carbonyl (C=O) groups excluding carboxylic acids is 2. The van der Waals surface area contributed by atoms with Crippen molar-refractivity contribution in [1.82, 2.24) is 20.3 Å². The van der Waals surface area contributed by atoms with Crippen molar-refractivity contribution in [3.8, 4) is 0 Å². The minimum Gasteiger partial charge on any atom is -0.372 e. The summed E-state index contributed by atoms with van der Waals surface area (Å²) in [7, 11) is 1.53. The molecule has 8 nitrogen and oxygen atoms in total. The van der Waals surface area contributed by atoms with E-state index in [0.29, 0.717) is 33.0 Å². The maximum Gasteiger partial charge on any atom is 0.249 e. The normalized spacial score (nSPS) is 19.5. The summed E-state index contributed by atoms with van der Waals surface area (Å²) >= 11 is 6.25. The Kier molecular flexibility index (Phi) is 6.72. The second-order valence-electron chi connectivity index (χ2n) is 8.04. The van der Waals surface area contributed by atoms with E-state index in [2.05, 4.69) is 25.6 Å². The number of anilines is 1. The van der Waals surface area contributed by atoms with Gasteiger partial charge in [0.25, 0.3) is 0 Å². The van der Waals surface area contributed by atoms with E-state index in [1.807, 2.05) is 0 Å². The lowest BCUT2D eigenvalue weighted by Crippen LogP contribution is -2.44. The first kappa shape index (κ1) is 22.2. The zero-order valence-electron chi connectivity index (χ0n) is 18.0. The molecule has 0 unspecified atom stereocenters. The van der Waals surface area contributed by atoms with Crippen molar-refractivity contribution >= 4 is 40.1 Å². The molecule has 9 heteroatoms. The van der Waals surface area contributed by atoms with Crippen LogP contribution in [-0.2, 0) is 9.53 Å². The summed E-state index contributed by atoms with van der Waals surface area (Å²) < 4.78 is 5.08. The fraction of sp³-hybridized carbons (Fsp3) is 0.391. The predicted molar refractivity (Wildman–Crippen MR) is 123 cm³/mol. The van der Waals surface area contributed by atoms with E-state index in [1.54, 1.807) is 37.4 Å². The average Bonchev–Trinajstić information content (AvgIpc) is 3.25. The van der Waals surface area contributed by atoms with Crippen molar-refractivity contribution in [3.63, 3.8) is 0 Å². The largest absolute Gasteiger partial charge is 0.372 e. The van der Waals surface area contributed by atoms with Crippen LogP contribution in [0.2, 0.25) is 5.02 Å². The molecule has 1 fully saturated rings. The fourth-order valence-corrected chi connectivity index (χ4v) is 4.26. The minimum atomic E-state index is -0.456. The smallest absolute Gasteiger partial charge is 0.249 e. The SMILES string of the molecule is CO[C@H](C)C(=O)N[C@H]1CC[C@@H](Nc2ncnc3[nH]cc(C(=O)c4ccccc4Cl)c23)CC1. The van der Waals surface area contributed by atoms with Crippen molar-refractivity contribution in [2.24, 2.45) is 0 Å². The number of amides is 1. The Morgan fingerprint density at radius 2 is 1.84 bits per heavy atom. The van der Waals surface area contributed by atoms with Gasteiger partial charge in [-0.25, -0.2) is 9.97 Å². The maximum absolute atomic E-state index is 13.2. The predicted octanol–water partition coefficient (Wildman–Crippen LogP) is 3.72. The van der Waals surface area contributed by atoms with Gasteiger partial charge in [-0.15, -0.1) is 0 Å². The number of hydrogen-bond acceptors (Lipinski definition) is 6. The number of rotatable bonds is 7. The van der Waals surface area contributed by atoms with Crippen molar-refractivity contribution < 1.29 is 14.3 Å². The first-order valence-corrected chi connectivity index (χ1v) is 11.1. The number of ketones is 1. The molecule has 0 spiro atoms. The van der Waals surface area contributed by atoms with E-state index in [0.717, 1.165) is 25.7 Å². The number of ether oxygens (including phenoxy) is 1. The molecule has 3 aromatic rings. The molecule has 3 N–H and O–H groups in total. The standard InChI is InChI=1S/C23H26ClN5O3/c1-13(32-2)23(31)29-15-9-7-14(8-10-15)28-22-19-17(11-25-21(19)26-12-27-22)20(30)16-5-3-4-6-18(16)24/h3-6,11-15H,7-10H2,1-2H3,(H,29,31)(H2,25,26,27,28)/t13-,14-,15+/m1/s1. The third kappa shape index (κ3) is 4.61. The fourth-order valence-electron chi connectivity index (χ4n) is 4.04. The van der Waals surface area contributed by atoms with Crippen LogP contribution in [0.15, 0.2) is 36.8 Å². The van der Waals surface area contributed by atoms with Gasteiger partial charge in [0, 0.05) is 31.0 Å². The first-order valence-electron chi connectivity index (χ1n) is 10.7. The Balaban J connectivity index is 1.49. The molecule has 0 radical (unpaired) electrons. The molecule has 2 heterocycles. The molecule has 1 aliphatic carbocycles. The molecule has 1 aromatic carbocycles. The molecular weight excluding hydrogens is 430 g/mol. The van der Waals surface area contributed by atoms with E-state index in [4.69, 9.17) is 16.3 Å². The lowest BCUT2D eigenvalue weighted by atomic mass is 9.91. The third-order valence-electron chi connectivity index (χ3n) is 5.97. The quantitative estimate of drug-likeness (QED) is 0.468. The Bertz CT molecular complexity index is 1120. The zero-order valence-corrected chi connectivity index (χ0v) is 18.8. The van der Waals surface area contributed by atoms with E-state index in [1.165, 1.54) is 13.4 Å². The van der Waals surface area contributed by atoms with Crippen molar-refractivity contribution in [2.45, 2.75) is 50.8 Å². The number of hydrogen-bond donors (Lipinski definition) is 3. The number of aromatic amines is 1.